The van der Waals surface area contributed by atoms with Crippen molar-refractivity contribution in [3.63, 3.8) is 0 Å². The van der Waals surface area contributed by atoms with Crippen molar-refractivity contribution in [2.24, 2.45) is 0 Å². The highest BCUT2D eigenvalue weighted by atomic mass is 32.2. The van der Waals surface area contributed by atoms with Gasteiger partial charge in [-0.1, -0.05) is 30.3 Å². The average molecular weight is 297 g/mol. The lowest BCUT2D eigenvalue weighted by Crippen LogP contribution is -1.86. The first kappa shape index (κ1) is 13.8. The molecule has 0 aliphatic rings. The van der Waals surface area contributed by atoms with E-state index in [0.717, 1.165) is 39.3 Å². The summed E-state index contributed by atoms with van der Waals surface area (Å²) in [4.78, 5) is 14.7. The van der Waals surface area contributed by atoms with Gasteiger partial charge in [0.1, 0.15) is 5.75 Å². The zero-order valence-electron chi connectivity index (χ0n) is 11.6. The minimum Gasteiger partial charge on any atom is -0.497 e. The number of benzene rings is 2. The van der Waals surface area contributed by atoms with E-state index in [4.69, 9.17) is 4.74 Å². The summed E-state index contributed by atoms with van der Waals surface area (Å²) in [5.41, 5.74) is 2.93. The number of H-pyrrole nitrogens is 1. The predicted molar refractivity (Wildman–Crippen MR) is 86.2 cm³/mol. The molecule has 0 saturated carbocycles. The third-order valence-electron chi connectivity index (χ3n) is 3.37. The van der Waals surface area contributed by atoms with E-state index in [1.165, 1.54) is 5.56 Å². The van der Waals surface area contributed by atoms with Crippen LogP contribution in [0.3, 0.4) is 0 Å². The second kappa shape index (κ2) is 6.06. The van der Waals surface area contributed by atoms with E-state index in [1.807, 2.05) is 48.5 Å². The van der Waals surface area contributed by atoms with Crippen LogP contribution in [0, 0.1) is 0 Å². The van der Waals surface area contributed by atoms with Gasteiger partial charge in [0.25, 0.3) is 0 Å². The molecule has 0 aliphatic carbocycles. The van der Waals surface area contributed by atoms with Crippen LogP contribution < -0.4 is 4.74 Å². The van der Waals surface area contributed by atoms with Gasteiger partial charge in [0, 0.05) is 16.7 Å². The van der Waals surface area contributed by atoms with E-state index in [0.29, 0.717) is 0 Å². The molecule has 0 bridgehead atoms. The summed E-state index contributed by atoms with van der Waals surface area (Å²) in [6, 6.07) is 15.8. The number of aromatic nitrogens is 1. The number of hydrogen-bond donors (Lipinski definition) is 1. The van der Waals surface area contributed by atoms with Crippen LogP contribution in [-0.2, 0) is 5.75 Å². The fourth-order valence-corrected chi connectivity index (χ4v) is 3.25. The Morgan fingerprint density at radius 1 is 1.14 bits per heavy atom. The zero-order valence-corrected chi connectivity index (χ0v) is 12.4. The fourth-order valence-electron chi connectivity index (χ4n) is 2.25. The van der Waals surface area contributed by atoms with Crippen LogP contribution in [0.15, 0.2) is 53.6 Å². The quantitative estimate of drug-likeness (QED) is 0.564. The third-order valence-corrected chi connectivity index (χ3v) is 4.46. The molecule has 0 unspecified atom stereocenters. The topological polar surface area (TPSA) is 42.1 Å². The monoisotopic (exact) mass is 297 g/mol. The van der Waals surface area contributed by atoms with Crippen LogP contribution in [0.4, 0.5) is 0 Å². The van der Waals surface area contributed by atoms with Gasteiger partial charge in [-0.15, -0.1) is 11.8 Å². The lowest BCUT2D eigenvalue weighted by molar-refractivity contribution is 0.112. The highest BCUT2D eigenvalue weighted by molar-refractivity contribution is 7.98. The summed E-state index contributed by atoms with van der Waals surface area (Å²) in [7, 11) is 1.66. The molecule has 3 nitrogen and oxygen atoms in total. The molecule has 0 saturated heterocycles. The van der Waals surface area contributed by atoms with Gasteiger partial charge in [-0.25, -0.2) is 0 Å². The van der Waals surface area contributed by atoms with Crippen LogP contribution >= 0.6 is 11.8 Å². The van der Waals surface area contributed by atoms with Gasteiger partial charge in [0.15, 0.2) is 6.29 Å². The summed E-state index contributed by atoms with van der Waals surface area (Å²) in [6.07, 6.45) is 0.926. The van der Waals surface area contributed by atoms with E-state index in [2.05, 4.69) is 4.98 Å². The summed E-state index contributed by atoms with van der Waals surface area (Å²) in [5, 5.41) is 1.90. The second-order valence-electron chi connectivity index (χ2n) is 4.67. The standard InChI is InChI=1S/C17H15NO2S/c1-20-13-8-6-12(7-9-13)11-21-17-15(10-19)14-4-2-3-5-16(14)18-17/h2-10,18H,11H2,1H3. The molecule has 0 fully saturated rings. The van der Waals surface area contributed by atoms with Crippen LogP contribution in [0.5, 0.6) is 5.75 Å². The van der Waals surface area contributed by atoms with Gasteiger partial charge >= 0.3 is 0 Å². The molecule has 21 heavy (non-hydrogen) atoms. The third kappa shape index (κ3) is 2.81. The van der Waals surface area contributed by atoms with E-state index in [9.17, 15) is 4.79 Å². The Morgan fingerprint density at radius 3 is 2.62 bits per heavy atom. The number of carbonyl (C=O) groups excluding carboxylic acids is 1. The van der Waals surface area contributed by atoms with Gasteiger partial charge in [-0.3, -0.25) is 4.79 Å². The summed E-state index contributed by atoms with van der Waals surface area (Å²) in [5.74, 6) is 1.65. The highest BCUT2D eigenvalue weighted by Crippen LogP contribution is 2.30. The van der Waals surface area contributed by atoms with E-state index in [1.54, 1.807) is 18.9 Å². The number of aldehydes is 1. The number of aromatic amines is 1. The molecular formula is C17H15NO2S. The number of methoxy groups -OCH3 is 1. The normalized spacial score (nSPS) is 10.7. The van der Waals surface area contributed by atoms with Gasteiger partial charge in [0.05, 0.1) is 17.7 Å². The smallest absolute Gasteiger partial charge is 0.153 e. The molecule has 1 heterocycles. The molecule has 2 aromatic carbocycles. The maximum atomic E-state index is 11.3. The van der Waals surface area contributed by atoms with Crippen molar-refractivity contribution in [1.29, 1.82) is 0 Å². The first-order valence-electron chi connectivity index (χ1n) is 6.63. The Bertz CT molecular complexity index is 762. The Labute approximate surface area is 127 Å². The lowest BCUT2D eigenvalue weighted by Gasteiger charge is -2.03. The highest BCUT2D eigenvalue weighted by Gasteiger charge is 2.10. The minimum atomic E-state index is 0.740. The Kier molecular flexibility index (Phi) is 3.97. The summed E-state index contributed by atoms with van der Waals surface area (Å²) >= 11 is 1.64. The van der Waals surface area contributed by atoms with Gasteiger partial charge in [-0.2, -0.15) is 0 Å². The molecule has 0 amide bonds. The van der Waals surface area contributed by atoms with Crippen molar-refractivity contribution in [3.05, 3.63) is 59.7 Å². The Balaban J connectivity index is 1.82. The molecule has 3 aromatic rings. The van der Waals surface area contributed by atoms with Crippen LogP contribution in [0.2, 0.25) is 0 Å². The Morgan fingerprint density at radius 2 is 1.90 bits per heavy atom. The molecule has 1 N–H and O–H groups in total. The fraction of sp³-hybridized carbons (Fsp3) is 0.118. The number of carbonyl (C=O) groups is 1. The predicted octanol–water partition coefficient (Wildman–Crippen LogP) is 4.28. The van der Waals surface area contributed by atoms with E-state index >= 15 is 0 Å². The number of hydrogen-bond acceptors (Lipinski definition) is 3. The zero-order chi connectivity index (χ0) is 14.7. The van der Waals surface area contributed by atoms with Gasteiger partial charge < -0.3 is 9.72 Å². The molecule has 0 aliphatic heterocycles. The number of rotatable bonds is 5. The van der Waals surface area contributed by atoms with Crippen LogP contribution in [0.25, 0.3) is 10.9 Å². The second-order valence-corrected chi connectivity index (χ2v) is 5.65. The molecule has 4 heteroatoms. The van der Waals surface area contributed by atoms with Crippen molar-refractivity contribution in [1.82, 2.24) is 4.98 Å². The molecular weight excluding hydrogens is 282 g/mol. The minimum absolute atomic E-state index is 0.740. The van der Waals surface area contributed by atoms with Crippen molar-refractivity contribution in [2.75, 3.05) is 7.11 Å². The summed E-state index contributed by atoms with van der Waals surface area (Å²) in [6.45, 7) is 0. The van der Waals surface area contributed by atoms with E-state index < -0.39 is 0 Å². The SMILES string of the molecule is COc1ccc(CSc2[nH]c3ccccc3c2C=O)cc1. The number of fused-ring (bicyclic) bond motifs is 1. The van der Waals surface area contributed by atoms with Crippen LogP contribution in [-0.4, -0.2) is 18.4 Å². The maximum Gasteiger partial charge on any atom is 0.153 e. The van der Waals surface area contributed by atoms with Crippen molar-refractivity contribution < 1.29 is 9.53 Å². The molecule has 1 aromatic heterocycles. The largest absolute Gasteiger partial charge is 0.497 e. The van der Waals surface area contributed by atoms with Crippen LogP contribution in [0.1, 0.15) is 15.9 Å². The first-order chi connectivity index (χ1) is 10.3. The Hall–Kier alpha value is -2.20. The summed E-state index contributed by atoms with van der Waals surface area (Å²) < 4.78 is 5.15. The van der Waals surface area contributed by atoms with E-state index in [-0.39, 0.29) is 0 Å². The number of thioether (sulfide) groups is 1. The van der Waals surface area contributed by atoms with Gasteiger partial charge in [-0.05, 0) is 23.8 Å². The molecule has 0 spiro atoms. The van der Waals surface area contributed by atoms with Crippen molar-refractivity contribution >= 4 is 29.0 Å². The molecule has 0 radical (unpaired) electrons. The van der Waals surface area contributed by atoms with Gasteiger partial charge in [0.2, 0.25) is 0 Å². The maximum absolute atomic E-state index is 11.3. The molecule has 0 atom stereocenters. The average Bonchev–Trinajstić information content (AvgIpc) is 2.91. The van der Waals surface area contributed by atoms with Crippen molar-refractivity contribution in [2.45, 2.75) is 10.8 Å². The molecule has 3 rings (SSSR count). The lowest BCUT2D eigenvalue weighted by atomic mass is 10.2. The first-order valence-corrected chi connectivity index (χ1v) is 7.62. The van der Waals surface area contributed by atoms with Crippen molar-refractivity contribution in [3.8, 4) is 5.75 Å². The number of ether oxygens (including phenoxy) is 1. The number of nitrogens with one attached hydrogen (secondary N) is 1. The number of para-hydroxylation sites is 1. The molecule has 106 valence electrons.